The zero-order chi connectivity index (χ0) is 9.84. The molecule has 2 nitrogen and oxygen atoms in total. The average molecular weight is 203 g/mol. The average Bonchev–Trinajstić information content (AvgIpc) is 2.03. The number of halogens is 2. The van der Waals surface area contributed by atoms with Crippen molar-refractivity contribution < 1.29 is 14.3 Å². The van der Waals surface area contributed by atoms with E-state index in [1.165, 1.54) is 12.1 Å². The molecule has 0 saturated carbocycles. The Morgan fingerprint density at radius 2 is 2.15 bits per heavy atom. The molecular formula is C9H8ClFO2. The molecule has 0 heterocycles. The Morgan fingerprint density at radius 1 is 1.46 bits per heavy atom. The minimum Gasteiger partial charge on any atom is -0.481 e. The van der Waals surface area contributed by atoms with E-state index in [-0.39, 0.29) is 6.42 Å². The molecule has 0 radical (unpaired) electrons. The van der Waals surface area contributed by atoms with Crippen molar-refractivity contribution >= 4 is 17.6 Å². The smallest absolute Gasteiger partial charge is 0.307 e. The lowest BCUT2D eigenvalue weighted by molar-refractivity contribution is -0.136. The standard InChI is InChI=1S/C9H8ClFO2/c10-8-2-1-6(5-11)7(3-8)4-9(12)13/h1-3H,4-5H2,(H,12,13). The third kappa shape index (κ3) is 2.70. The van der Waals surface area contributed by atoms with Crippen molar-refractivity contribution in [2.45, 2.75) is 13.1 Å². The van der Waals surface area contributed by atoms with Gasteiger partial charge in [-0.1, -0.05) is 17.7 Å². The summed E-state index contributed by atoms with van der Waals surface area (Å²) < 4.78 is 12.3. The summed E-state index contributed by atoms with van der Waals surface area (Å²) in [6.07, 6.45) is -0.195. The normalized spacial score (nSPS) is 10.0. The van der Waals surface area contributed by atoms with Gasteiger partial charge in [0.1, 0.15) is 6.67 Å². The van der Waals surface area contributed by atoms with E-state index in [1.807, 2.05) is 0 Å². The summed E-state index contributed by atoms with van der Waals surface area (Å²) in [5, 5.41) is 8.94. The SMILES string of the molecule is O=C(O)Cc1cc(Cl)ccc1CF. The largest absolute Gasteiger partial charge is 0.481 e. The van der Waals surface area contributed by atoms with Gasteiger partial charge < -0.3 is 5.11 Å². The number of alkyl halides is 1. The van der Waals surface area contributed by atoms with Crippen LogP contribution in [0.1, 0.15) is 11.1 Å². The van der Waals surface area contributed by atoms with E-state index >= 15 is 0 Å². The summed E-state index contributed by atoms with van der Waals surface area (Å²) in [5.74, 6) is -0.989. The molecule has 1 aromatic carbocycles. The van der Waals surface area contributed by atoms with Crippen LogP contribution in [0.5, 0.6) is 0 Å². The number of carbonyl (C=O) groups is 1. The molecule has 70 valence electrons. The van der Waals surface area contributed by atoms with E-state index in [0.717, 1.165) is 0 Å². The lowest BCUT2D eigenvalue weighted by Gasteiger charge is -2.03. The highest BCUT2D eigenvalue weighted by Crippen LogP contribution is 2.17. The van der Waals surface area contributed by atoms with Crippen LogP contribution in [0, 0.1) is 0 Å². The minimum absolute atomic E-state index is 0.195. The number of benzene rings is 1. The molecule has 0 aliphatic carbocycles. The number of rotatable bonds is 3. The molecule has 13 heavy (non-hydrogen) atoms. The van der Waals surface area contributed by atoms with Gasteiger partial charge in [0.05, 0.1) is 6.42 Å². The minimum atomic E-state index is -0.989. The van der Waals surface area contributed by atoms with Crippen LogP contribution in [0.25, 0.3) is 0 Å². The van der Waals surface area contributed by atoms with Crippen molar-refractivity contribution in [1.82, 2.24) is 0 Å². The van der Waals surface area contributed by atoms with Crippen molar-refractivity contribution in [2.75, 3.05) is 0 Å². The van der Waals surface area contributed by atoms with Crippen LogP contribution in [0.15, 0.2) is 18.2 Å². The summed E-state index contributed by atoms with van der Waals surface area (Å²) in [6, 6.07) is 4.52. The number of hydrogen-bond acceptors (Lipinski definition) is 1. The molecule has 0 aliphatic rings. The molecule has 0 fully saturated rings. The first-order valence-corrected chi connectivity index (χ1v) is 4.06. The van der Waals surface area contributed by atoms with Crippen LogP contribution >= 0.6 is 11.6 Å². The van der Waals surface area contributed by atoms with Gasteiger partial charge in [-0.05, 0) is 23.3 Å². The monoisotopic (exact) mass is 202 g/mol. The molecule has 0 atom stereocenters. The van der Waals surface area contributed by atoms with E-state index in [9.17, 15) is 9.18 Å². The maximum absolute atomic E-state index is 12.3. The molecule has 0 spiro atoms. The molecule has 0 unspecified atom stereocenters. The van der Waals surface area contributed by atoms with Crippen LogP contribution < -0.4 is 0 Å². The zero-order valence-corrected chi connectivity index (χ0v) is 7.51. The fourth-order valence-corrected chi connectivity index (χ4v) is 1.25. The summed E-state index contributed by atoms with van der Waals surface area (Å²) in [6.45, 7) is -0.667. The maximum Gasteiger partial charge on any atom is 0.307 e. The molecule has 0 bridgehead atoms. The Hall–Kier alpha value is -1.09. The Labute approximate surface area is 80.0 Å². The first-order chi connectivity index (χ1) is 6.13. The van der Waals surface area contributed by atoms with Crippen molar-refractivity contribution in [3.8, 4) is 0 Å². The highest BCUT2D eigenvalue weighted by Gasteiger charge is 2.06. The van der Waals surface area contributed by atoms with Crippen molar-refractivity contribution in [2.24, 2.45) is 0 Å². The fourth-order valence-electron chi connectivity index (χ4n) is 1.05. The van der Waals surface area contributed by atoms with Gasteiger partial charge in [0.15, 0.2) is 0 Å². The first-order valence-electron chi connectivity index (χ1n) is 3.68. The van der Waals surface area contributed by atoms with E-state index < -0.39 is 12.6 Å². The molecule has 1 rings (SSSR count). The number of hydrogen-bond donors (Lipinski definition) is 1. The summed E-state index contributed by atoms with van der Waals surface area (Å²) in [4.78, 5) is 10.4. The van der Waals surface area contributed by atoms with Gasteiger partial charge in [-0.15, -0.1) is 0 Å². The summed E-state index contributed by atoms with van der Waals surface area (Å²) in [5.41, 5.74) is 0.814. The Morgan fingerprint density at radius 3 is 2.69 bits per heavy atom. The highest BCUT2D eigenvalue weighted by atomic mass is 35.5. The van der Waals surface area contributed by atoms with Crippen LogP contribution in [0.2, 0.25) is 5.02 Å². The zero-order valence-electron chi connectivity index (χ0n) is 6.76. The topological polar surface area (TPSA) is 37.3 Å². The third-order valence-electron chi connectivity index (χ3n) is 1.65. The fraction of sp³-hybridized carbons (Fsp3) is 0.222. The van der Waals surface area contributed by atoms with Gasteiger partial charge in [0.25, 0.3) is 0 Å². The molecule has 0 saturated heterocycles. The maximum atomic E-state index is 12.3. The third-order valence-corrected chi connectivity index (χ3v) is 1.89. The predicted octanol–water partition coefficient (Wildman–Crippen LogP) is 2.44. The van der Waals surface area contributed by atoms with E-state index in [4.69, 9.17) is 16.7 Å². The molecule has 0 aliphatic heterocycles. The van der Waals surface area contributed by atoms with Crippen LogP contribution in [-0.4, -0.2) is 11.1 Å². The first kappa shape index (κ1) is 9.99. The molecule has 4 heteroatoms. The van der Waals surface area contributed by atoms with E-state index in [1.54, 1.807) is 6.07 Å². The quantitative estimate of drug-likeness (QED) is 0.818. The van der Waals surface area contributed by atoms with Gasteiger partial charge in [-0.2, -0.15) is 0 Å². The number of carboxylic acid groups (broad SMARTS) is 1. The summed E-state index contributed by atoms with van der Waals surface area (Å²) >= 11 is 5.64. The van der Waals surface area contributed by atoms with Gasteiger partial charge in [0.2, 0.25) is 0 Å². The van der Waals surface area contributed by atoms with Crippen LogP contribution in [-0.2, 0) is 17.9 Å². The Kier molecular flexibility index (Phi) is 3.25. The van der Waals surface area contributed by atoms with Crippen molar-refractivity contribution in [3.05, 3.63) is 34.3 Å². The van der Waals surface area contributed by atoms with E-state index in [2.05, 4.69) is 0 Å². The van der Waals surface area contributed by atoms with Gasteiger partial charge in [-0.3, -0.25) is 4.79 Å². The molecule has 0 aromatic heterocycles. The number of carboxylic acids is 1. The second-order valence-corrected chi connectivity index (χ2v) is 3.05. The Balaban J connectivity index is 3.01. The second-order valence-electron chi connectivity index (χ2n) is 2.62. The molecule has 0 amide bonds. The van der Waals surface area contributed by atoms with Gasteiger partial charge >= 0.3 is 5.97 Å². The highest BCUT2D eigenvalue weighted by molar-refractivity contribution is 6.30. The second kappa shape index (κ2) is 4.23. The molecular weight excluding hydrogens is 195 g/mol. The predicted molar refractivity (Wildman–Crippen MR) is 47.6 cm³/mol. The summed E-state index contributed by atoms with van der Waals surface area (Å²) in [7, 11) is 0. The van der Waals surface area contributed by atoms with E-state index in [0.29, 0.717) is 16.1 Å². The van der Waals surface area contributed by atoms with Crippen LogP contribution in [0.4, 0.5) is 4.39 Å². The van der Waals surface area contributed by atoms with Crippen molar-refractivity contribution in [3.63, 3.8) is 0 Å². The molecule has 1 N–H and O–H groups in total. The van der Waals surface area contributed by atoms with Crippen molar-refractivity contribution in [1.29, 1.82) is 0 Å². The van der Waals surface area contributed by atoms with Crippen LogP contribution in [0.3, 0.4) is 0 Å². The lowest BCUT2D eigenvalue weighted by Crippen LogP contribution is -2.02. The lowest BCUT2D eigenvalue weighted by atomic mass is 10.1. The van der Waals surface area contributed by atoms with Gasteiger partial charge in [-0.25, -0.2) is 4.39 Å². The molecule has 1 aromatic rings. The van der Waals surface area contributed by atoms with Gasteiger partial charge in [0, 0.05) is 5.02 Å². The number of aliphatic carboxylic acids is 1. The Bertz CT molecular complexity index is 325.